The van der Waals surface area contributed by atoms with Crippen LogP contribution in [0.5, 0.6) is 0 Å². The zero-order chi connectivity index (χ0) is 22.1. The molecule has 0 spiro atoms. The van der Waals surface area contributed by atoms with Crippen LogP contribution in [0.2, 0.25) is 0 Å². The van der Waals surface area contributed by atoms with E-state index in [0.717, 1.165) is 22.5 Å². The molecule has 0 saturated carbocycles. The van der Waals surface area contributed by atoms with Crippen LogP contribution in [-0.4, -0.2) is 27.4 Å². The lowest BCUT2D eigenvalue weighted by Crippen LogP contribution is -2.23. The molecule has 1 aliphatic rings. The number of carboxylic acids is 1. The number of hydrogen-bond acceptors (Lipinski definition) is 5. The molecule has 0 aliphatic carbocycles. The van der Waals surface area contributed by atoms with E-state index in [0.29, 0.717) is 23.5 Å². The van der Waals surface area contributed by atoms with Gasteiger partial charge in [-0.15, -0.1) is 0 Å². The first kappa shape index (κ1) is 20.3. The molecule has 156 valence electrons. The highest BCUT2D eigenvalue weighted by Gasteiger charge is 2.29. The zero-order valence-electron chi connectivity index (χ0n) is 17.5. The Kier molecular flexibility index (Phi) is 5.25. The average Bonchev–Trinajstić information content (AvgIpc) is 3.19. The molecule has 0 N–H and O–H groups in total. The Balaban J connectivity index is 1.63. The first-order chi connectivity index (χ1) is 14.8. The molecular formula is C24H21N4O3-. The lowest BCUT2D eigenvalue weighted by atomic mass is 10.1. The third kappa shape index (κ3) is 3.90. The van der Waals surface area contributed by atoms with E-state index in [1.54, 1.807) is 6.92 Å². The molecule has 31 heavy (non-hydrogen) atoms. The Hall–Kier alpha value is -4.00. The number of hydrazone groups is 1. The van der Waals surface area contributed by atoms with Crippen LogP contribution in [0.4, 0.5) is 5.69 Å². The quantitative estimate of drug-likeness (QED) is 0.602. The Morgan fingerprint density at radius 3 is 2.35 bits per heavy atom. The fourth-order valence-corrected chi connectivity index (χ4v) is 3.57. The standard InChI is InChI=1S/C24H22N4O3/c1-15-21(17(3)27(25-15)14-18-7-5-4-6-8-18)13-22-16(2)26-28(23(22)29)20-11-9-19(10-12-20)24(30)31/h4-13H,14H2,1-3H3,(H,30,31)/p-1/b22-13+. The maximum Gasteiger partial charge on any atom is 0.280 e. The van der Waals surface area contributed by atoms with Crippen molar-refractivity contribution in [3.05, 3.63) is 88.2 Å². The molecule has 0 atom stereocenters. The van der Waals surface area contributed by atoms with Gasteiger partial charge in [0.1, 0.15) is 0 Å². The Morgan fingerprint density at radius 1 is 1.03 bits per heavy atom. The topological polar surface area (TPSA) is 90.6 Å². The summed E-state index contributed by atoms with van der Waals surface area (Å²) in [5, 5.41) is 21.2. The van der Waals surface area contributed by atoms with Gasteiger partial charge in [0.05, 0.1) is 35.2 Å². The highest BCUT2D eigenvalue weighted by atomic mass is 16.4. The normalized spacial score (nSPS) is 14.9. The minimum absolute atomic E-state index is 0.0453. The van der Waals surface area contributed by atoms with Gasteiger partial charge in [0, 0.05) is 11.3 Å². The lowest BCUT2D eigenvalue weighted by molar-refractivity contribution is -0.255. The summed E-state index contributed by atoms with van der Waals surface area (Å²) in [7, 11) is 0. The maximum absolute atomic E-state index is 13.0. The van der Waals surface area contributed by atoms with Gasteiger partial charge in [-0.2, -0.15) is 15.2 Å². The number of carboxylic acid groups (broad SMARTS) is 1. The summed E-state index contributed by atoms with van der Waals surface area (Å²) in [5.74, 6) is -1.54. The number of aromatic nitrogens is 2. The highest BCUT2D eigenvalue weighted by molar-refractivity contribution is 6.32. The van der Waals surface area contributed by atoms with Gasteiger partial charge in [0.15, 0.2) is 0 Å². The van der Waals surface area contributed by atoms with Crippen molar-refractivity contribution in [3.63, 3.8) is 0 Å². The van der Waals surface area contributed by atoms with Crippen LogP contribution in [0.25, 0.3) is 6.08 Å². The Morgan fingerprint density at radius 2 is 1.71 bits per heavy atom. The summed E-state index contributed by atoms with van der Waals surface area (Å²) >= 11 is 0. The van der Waals surface area contributed by atoms with Crippen LogP contribution < -0.4 is 10.1 Å². The summed E-state index contributed by atoms with van der Waals surface area (Å²) in [4.78, 5) is 24.0. The third-order valence-corrected chi connectivity index (χ3v) is 5.31. The molecule has 0 unspecified atom stereocenters. The number of carbonyl (C=O) groups excluding carboxylic acids is 2. The van der Waals surface area contributed by atoms with E-state index >= 15 is 0 Å². The number of rotatable bonds is 5. The predicted octanol–water partition coefficient (Wildman–Crippen LogP) is 2.72. The van der Waals surface area contributed by atoms with Gasteiger partial charge in [-0.05, 0) is 50.1 Å². The largest absolute Gasteiger partial charge is 0.545 e. The van der Waals surface area contributed by atoms with Crippen LogP contribution in [0.15, 0.2) is 65.3 Å². The van der Waals surface area contributed by atoms with Crippen molar-refractivity contribution in [1.29, 1.82) is 0 Å². The zero-order valence-corrected chi connectivity index (χ0v) is 17.5. The van der Waals surface area contributed by atoms with Crippen molar-refractivity contribution >= 4 is 29.4 Å². The van der Waals surface area contributed by atoms with E-state index in [-0.39, 0.29) is 11.5 Å². The summed E-state index contributed by atoms with van der Waals surface area (Å²) in [6.45, 7) is 6.33. The van der Waals surface area contributed by atoms with Crippen molar-refractivity contribution in [2.24, 2.45) is 5.10 Å². The number of hydrogen-bond donors (Lipinski definition) is 0. The molecule has 0 fully saturated rings. The van der Waals surface area contributed by atoms with Gasteiger partial charge < -0.3 is 9.90 Å². The molecular weight excluding hydrogens is 392 g/mol. The first-order valence-electron chi connectivity index (χ1n) is 9.86. The second-order valence-corrected chi connectivity index (χ2v) is 7.42. The molecule has 4 rings (SSSR count). The van der Waals surface area contributed by atoms with E-state index in [4.69, 9.17) is 0 Å². The summed E-state index contributed by atoms with van der Waals surface area (Å²) < 4.78 is 1.93. The van der Waals surface area contributed by atoms with Gasteiger partial charge in [0.2, 0.25) is 0 Å². The van der Waals surface area contributed by atoms with Crippen LogP contribution in [-0.2, 0) is 11.3 Å². The Bertz CT molecular complexity index is 1220. The molecule has 7 nitrogen and oxygen atoms in total. The van der Waals surface area contributed by atoms with E-state index in [1.165, 1.54) is 29.3 Å². The molecule has 2 heterocycles. The average molecular weight is 413 g/mol. The van der Waals surface area contributed by atoms with Crippen LogP contribution in [0.3, 0.4) is 0 Å². The summed E-state index contributed by atoms with van der Waals surface area (Å²) in [6, 6.07) is 15.9. The van der Waals surface area contributed by atoms with Gasteiger partial charge in [0.25, 0.3) is 5.91 Å². The van der Waals surface area contributed by atoms with E-state index in [2.05, 4.69) is 22.3 Å². The van der Waals surface area contributed by atoms with Crippen LogP contribution >= 0.6 is 0 Å². The molecule has 0 radical (unpaired) electrons. The van der Waals surface area contributed by atoms with Crippen molar-refractivity contribution < 1.29 is 14.7 Å². The van der Waals surface area contributed by atoms with Crippen molar-refractivity contribution in [1.82, 2.24) is 9.78 Å². The highest BCUT2D eigenvalue weighted by Crippen LogP contribution is 2.27. The number of nitrogens with zero attached hydrogens (tertiary/aromatic N) is 4. The molecule has 1 aromatic heterocycles. The summed E-state index contributed by atoms with van der Waals surface area (Å²) in [5.41, 5.74) is 5.44. The van der Waals surface area contributed by atoms with Crippen LogP contribution in [0.1, 0.15) is 39.8 Å². The number of anilines is 1. The lowest BCUT2D eigenvalue weighted by Gasteiger charge is -2.12. The molecule has 0 bridgehead atoms. The second kappa shape index (κ2) is 8.02. The Labute approximate surface area is 179 Å². The molecule has 3 aromatic rings. The van der Waals surface area contributed by atoms with Crippen molar-refractivity contribution in [2.45, 2.75) is 27.3 Å². The smallest absolute Gasteiger partial charge is 0.280 e. The summed E-state index contributed by atoms with van der Waals surface area (Å²) in [6.07, 6.45) is 1.83. The van der Waals surface area contributed by atoms with E-state index < -0.39 is 5.97 Å². The maximum atomic E-state index is 13.0. The number of carbonyl (C=O) groups is 2. The molecule has 2 aromatic carbocycles. The van der Waals surface area contributed by atoms with Crippen molar-refractivity contribution in [2.75, 3.05) is 5.01 Å². The van der Waals surface area contributed by atoms with Gasteiger partial charge in [-0.1, -0.05) is 42.5 Å². The second-order valence-electron chi connectivity index (χ2n) is 7.42. The van der Waals surface area contributed by atoms with E-state index in [1.807, 2.05) is 42.8 Å². The van der Waals surface area contributed by atoms with E-state index in [9.17, 15) is 14.7 Å². The van der Waals surface area contributed by atoms with Gasteiger partial charge in [-0.25, -0.2) is 0 Å². The number of benzene rings is 2. The minimum atomic E-state index is -1.27. The number of amides is 1. The minimum Gasteiger partial charge on any atom is -0.545 e. The number of aromatic carboxylic acids is 1. The SMILES string of the molecule is CC1=NN(c2ccc(C(=O)[O-])cc2)C(=O)/C1=C/c1c(C)nn(Cc2ccccc2)c1C. The van der Waals surface area contributed by atoms with Gasteiger partial charge in [-0.3, -0.25) is 9.48 Å². The fourth-order valence-electron chi connectivity index (χ4n) is 3.57. The van der Waals surface area contributed by atoms with Crippen LogP contribution in [0, 0.1) is 13.8 Å². The number of aryl methyl sites for hydroxylation is 1. The molecule has 1 amide bonds. The monoisotopic (exact) mass is 413 g/mol. The van der Waals surface area contributed by atoms with Gasteiger partial charge >= 0.3 is 0 Å². The van der Waals surface area contributed by atoms with Crippen molar-refractivity contribution in [3.8, 4) is 0 Å². The third-order valence-electron chi connectivity index (χ3n) is 5.31. The first-order valence-corrected chi connectivity index (χ1v) is 9.86. The molecule has 1 aliphatic heterocycles. The molecule has 7 heteroatoms. The molecule has 0 saturated heterocycles. The fraction of sp³-hybridized carbons (Fsp3) is 0.167. The predicted molar refractivity (Wildman–Crippen MR) is 117 cm³/mol.